The number of rotatable bonds is 8. The molecule has 350 valence electrons. The van der Waals surface area contributed by atoms with Gasteiger partial charge in [0.15, 0.2) is 0 Å². The third-order valence-corrected chi connectivity index (χ3v) is 14.4. The predicted octanol–water partition coefficient (Wildman–Crippen LogP) is 19.3. The number of hydrogen-bond donors (Lipinski definition) is 0. The molecule has 5 heterocycles. The fourth-order valence-electron chi connectivity index (χ4n) is 9.57. The lowest BCUT2D eigenvalue weighted by Crippen LogP contribution is -1.94. The zero-order valence-electron chi connectivity index (χ0n) is 41.6. The van der Waals surface area contributed by atoms with Crippen molar-refractivity contribution in [3.05, 3.63) is 242 Å². The lowest BCUT2D eigenvalue weighted by molar-refractivity contribution is 1.19. The minimum Gasteiger partial charge on any atom is -0.309 e. The number of hydrogen-bond acceptors (Lipinski definition) is 4. The van der Waals surface area contributed by atoms with Crippen LogP contribution < -0.4 is 0 Å². The Morgan fingerprint density at radius 2 is 0.778 bits per heavy atom. The monoisotopic (exact) mass is 948 g/mol. The van der Waals surface area contributed by atoms with E-state index in [2.05, 4.69) is 219 Å². The van der Waals surface area contributed by atoms with E-state index in [0.29, 0.717) is 0 Å². The third kappa shape index (κ3) is 9.31. The minimum absolute atomic E-state index is 0.957. The van der Waals surface area contributed by atoms with E-state index in [1.807, 2.05) is 68.9 Å². The first-order chi connectivity index (χ1) is 35.4. The van der Waals surface area contributed by atoms with Crippen molar-refractivity contribution < 1.29 is 0 Å². The largest absolute Gasteiger partial charge is 0.309 e. The van der Waals surface area contributed by atoms with E-state index in [9.17, 15) is 0 Å². The first-order valence-corrected chi connectivity index (χ1v) is 25.6. The Morgan fingerprint density at radius 1 is 0.403 bits per heavy atom. The molecule has 0 radical (unpaired) electrons. The molecule has 0 atom stereocenters. The second-order valence-corrected chi connectivity index (χ2v) is 18.8. The van der Waals surface area contributed by atoms with Gasteiger partial charge in [-0.3, -0.25) is 15.0 Å². The molecule has 0 unspecified atom stereocenters. The van der Waals surface area contributed by atoms with Crippen molar-refractivity contribution in [2.45, 2.75) is 41.5 Å². The van der Waals surface area contributed by atoms with Gasteiger partial charge in [0.25, 0.3) is 0 Å². The first kappa shape index (κ1) is 47.2. The fourth-order valence-corrected chi connectivity index (χ4v) is 10.6. The van der Waals surface area contributed by atoms with Crippen molar-refractivity contribution in [3.63, 3.8) is 0 Å². The smallest absolute Gasteiger partial charge is 0.0708 e. The Hall–Kier alpha value is -8.51. The molecular weight excluding hydrogens is 893 g/mol. The van der Waals surface area contributed by atoms with Gasteiger partial charge in [0.1, 0.15) is 0 Å². The van der Waals surface area contributed by atoms with Gasteiger partial charge in [-0.15, -0.1) is 11.3 Å². The maximum absolute atomic E-state index is 4.74. The van der Waals surface area contributed by atoms with Crippen molar-refractivity contribution in [1.82, 2.24) is 19.5 Å². The topological polar surface area (TPSA) is 43.6 Å². The summed E-state index contributed by atoms with van der Waals surface area (Å²) < 4.78 is 4.98. The quantitative estimate of drug-likeness (QED) is 0.143. The molecule has 0 bridgehead atoms. The van der Waals surface area contributed by atoms with E-state index >= 15 is 0 Å². The van der Waals surface area contributed by atoms with Crippen molar-refractivity contribution in [2.75, 3.05) is 0 Å². The van der Waals surface area contributed by atoms with Crippen LogP contribution in [0.3, 0.4) is 0 Å². The summed E-state index contributed by atoms with van der Waals surface area (Å²) in [4.78, 5) is 14.2. The minimum atomic E-state index is 0.957. The van der Waals surface area contributed by atoms with E-state index in [1.165, 1.54) is 53.2 Å². The van der Waals surface area contributed by atoms with Gasteiger partial charge < -0.3 is 4.57 Å². The van der Waals surface area contributed by atoms with E-state index in [1.54, 1.807) is 0 Å². The summed E-state index contributed by atoms with van der Waals surface area (Å²) in [7, 11) is 0. The average Bonchev–Trinajstić information content (AvgIpc) is 3.98. The van der Waals surface area contributed by atoms with Crippen LogP contribution >= 0.6 is 11.3 Å². The zero-order chi connectivity index (χ0) is 49.6. The van der Waals surface area contributed by atoms with Gasteiger partial charge in [-0.1, -0.05) is 146 Å². The van der Waals surface area contributed by atoms with Crippen LogP contribution in [-0.2, 0) is 0 Å². The molecule has 0 saturated heterocycles. The molecular formula is C67H56N4S. The predicted molar refractivity (Wildman–Crippen MR) is 310 cm³/mol. The highest BCUT2D eigenvalue weighted by atomic mass is 32.1. The Morgan fingerprint density at radius 3 is 1.17 bits per heavy atom. The molecule has 0 aliphatic heterocycles. The molecule has 0 spiro atoms. The highest BCUT2D eigenvalue weighted by Crippen LogP contribution is 2.43. The second-order valence-electron chi connectivity index (χ2n) is 17.8. The molecule has 0 saturated carbocycles. The molecule has 4 nitrogen and oxygen atoms in total. The molecule has 72 heavy (non-hydrogen) atoms. The van der Waals surface area contributed by atoms with Crippen LogP contribution in [0.15, 0.2) is 242 Å². The van der Waals surface area contributed by atoms with Gasteiger partial charge in [0.05, 0.1) is 28.1 Å². The van der Waals surface area contributed by atoms with Gasteiger partial charge in [0.2, 0.25) is 0 Å². The Bertz CT molecular complexity index is 3770. The number of aromatic nitrogens is 4. The normalized spacial score (nSPS) is 11.1. The maximum Gasteiger partial charge on any atom is 0.0708 e. The maximum atomic E-state index is 4.74. The molecule has 0 N–H and O–H groups in total. The van der Waals surface area contributed by atoms with Crippen LogP contribution in [0.5, 0.6) is 0 Å². The summed E-state index contributed by atoms with van der Waals surface area (Å²) in [6.45, 7) is 12.4. The van der Waals surface area contributed by atoms with E-state index < -0.39 is 0 Å². The Balaban J connectivity index is 0.000000547. The molecule has 5 heteroatoms. The highest BCUT2D eigenvalue weighted by molar-refractivity contribution is 7.25. The molecule has 0 aliphatic rings. The zero-order valence-corrected chi connectivity index (χ0v) is 42.5. The summed E-state index contributed by atoms with van der Waals surface area (Å²) in [5.41, 5.74) is 19.4. The number of allylic oxidation sites excluding steroid dienone is 4. The summed E-state index contributed by atoms with van der Waals surface area (Å²) in [6.07, 6.45) is 9.77. The third-order valence-electron chi connectivity index (χ3n) is 13.2. The molecule has 0 fully saturated rings. The van der Waals surface area contributed by atoms with Crippen LogP contribution in [0.2, 0.25) is 0 Å². The fraction of sp³-hybridized carbons (Fsp3) is 0.0896. The Labute approximate surface area is 427 Å². The van der Waals surface area contributed by atoms with Crippen LogP contribution in [0.1, 0.15) is 41.5 Å². The van der Waals surface area contributed by atoms with E-state index in [4.69, 9.17) is 15.0 Å². The van der Waals surface area contributed by atoms with Crippen LogP contribution in [0.4, 0.5) is 0 Å². The average molecular weight is 949 g/mol. The SMILES string of the molecule is C/C=C\C(C)=C(C)C.CC.c1ccc(-c2ccccc2-c2ccc3sc4ccc(-n5c6ccc(-c7ccccc7-c7ccccn7)cc6c6cc(-c7ccccc7-c7ccccn7)ccc65)cc4c3c2)nc1. The lowest BCUT2D eigenvalue weighted by atomic mass is 9.94. The van der Waals surface area contributed by atoms with E-state index in [0.717, 1.165) is 72.7 Å². The standard InChI is InChI=1S/C57H36N4S.C8H14.C2H6/c1-4-16-44(51-19-7-10-30-58-51)41(13-1)37-22-26-54-47(33-37)48-34-38(42-14-2-5-17-45(42)52-20-8-11-31-59-52)23-27-55(48)61(54)40-25-29-57-50(36-40)49-35-39(24-28-56(49)62-57)43-15-3-6-18-46(43)53-21-9-12-32-60-53;1-5-6-8(4)7(2)3;1-2/h1-36H;5-6H,1-4H3;1-2H3/b;6-5-;. The molecule has 12 aromatic rings. The van der Waals surface area contributed by atoms with Gasteiger partial charge in [0, 0.05) is 71.9 Å². The second kappa shape index (κ2) is 21.2. The highest BCUT2D eigenvalue weighted by Gasteiger charge is 2.19. The van der Waals surface area contributed by atoms with Crippen LogP contribution in [0, 0.1) is 0 Å². The van der Waals surface area contributed by atoms with Gasteiger partial charge in [-0.25, -0.2) is 0 Å². The Kier molecular flexibility index (Phi) is 13.9. The summed E-state index contributed by atoms with van der Waals surface area (Å²) in [6, 6.07) is 71.8. The molecule has 0 amide bonds. The van der Waals surface area contributed by atoms with Crippen molar-refractivity contribution in [1.29, 1.82) is 0 Å². The van der Waals surface area contributed by atoms with Crippen molar-refractivity contribution >= 4 is 53.3 Å². The first-order valence-electron chi connectivity index (χ1n) is 24.8. The van der Waals surface area contributed by atoms with Gasteiger partial charge in [-0.2, -0.15) is 0 Å². The molecule has 7 aromatic carbocycles. The molecule has 0 aliphatic carbocycles. The van der Waals surface area contributed by atoms with Crippen molar-refractivity contribution in [2.24, 2.45) is 0 Å². The number of fused-ring (bicyclic) bond motifs is 6. The van der Waals surface area contributed by atoms with Crippen LogP contribution in [0.25, 0.3) is 115 Å². The number of benzene rings is 7. The van der Waals surface area contributed by atoms with Crippen molar-refractivity contribution in [3.8, 4) is 72.8 Å². The summed E-state index contributed by atoms with van der Waals surface area (Å²) >= 11 is 1.85. The van der Waals surface area contributed by atoms with Gasteiger partial charge in [-0.05, 0) is 152 Å². The molecule has 12 rings (SSSR count). The number of pyridine rings is 3. The van der Waals surface area contributed by atoms with E-state index in [-0.39, 0.29) is 0 Å². The number of nitrogens with zero attached hydrogens (tertiary/aromatic N) is 4. The number of thiophene rings is 1. The van der Waals surface area contributed by atoms with Crippen LogP contribution in [-0.4, -0.2) is 19.5 Å². The summed E-state index contributed by atoms with van der Waals surface area (Å²) in [5, 5.41) is 4.88. The summed E-state index contributed by atoms with van der Waals surface area (Å²) in [5.74, 6) is 0. The van der Waals surface area contributed by atoms with Gasteiger partial charge >= 0.3 is 0 Å². The lowest BCUT2D eigenvalue weighted by Gasteiger charge is -2.12. The molecule has 5 aromatic heterocycles.